The van der Waals surface area contributed by atoms with Crippen molar-refractivity contribution in [2.24, 2.45) is 0 Å². The second kappa shape index (κ2) is 5.96. The van der Waals surface area contributed by atoms with Crippen molar-refractivity contribution in [2.75, 3.05) is 20.2 Å². The van der Waals surface area contributed by atoms with E-state index in [1.807, 2.05) is 12.1 Å². The van der Waals surface area contributed by atoms with E-state index in [4.69, 9.17) is 4.74 Å². The molecule has 1 N–H and O–H groups in total. The molecule has 1 atom stereocenters. The summed E-state index contributed by atoms with van der Waals surface area (Å²) in [6.07, 6.45) is 0.648. The van der Waals surface area contributed by atoms with Crippen LogP contribution < -0.4 is 10.1 Å². The number of nitrogens with zero attached hydrogens (tertiary/aromatic N) is 1. The van der Waals surface area contributed by atoms with E-state index in [-0.39, 0.29) is 12.0 Å². The molecule has 0 aliphatic heterocycles. The van der Waals surface area contributed by atoms with Gasteiger partial charge in [-0.25, -0.2) is 4.39 Å². The lowest BCUT2D eigenvalue weighted by Crippen LogP contribution is -2.25. The van der Waals surface area contributed by atoms with Crippen molar-refractivity contribution in [2.45, 2.75) is 32.4 Å². The maximum atomic E-state index is 13.1. The van der Waals surface area contributed by atoms with Gasteiger partial charge in [0, 0.05) is 17.7 Å². The first kappa shape index (κ1) is 13.9. The molecule has 1 aromatic heterocycles. The van der Waals surface area contributed by atoms with Crippen molar-refractivity contribution >= 4 is 0 Å². The fourth-order valence-electron chi connectivity index (χ4n) is 1.38. The number of alkyl halides is 1. The molecule has 0 saturated carbocycles. The zero-order valence-corrected chi connectivity index (χ0v) is 11.0. The molecule has 3 nitrogen and oxygen atoms in total. The zero-order valence-electron chi connectivity index (χ0n) is 11.0. The Morgan fingerprint density at radius 3 is 2.59 bits per heavy atom. The number of pyridine rings is 1. The van der Waals surface area contributed by atoms with Crippen LogP contribution in [0.4, 0.5) is 4.39 Å². The Bertz CT molecular complexity index is 332. The summed E-state index contributed by atoms with van der Waals surface area (Å²) < 4.78 is 18.5. The van der Waals surface area contributed by atoms with Gasteiger partial charge in [0.2, 0.25) is 0 Å². The maximum Gasteiger partial charge on any atom is 0.146 e. The van der Waals surface area contributed by atoms with E-state index < -0.39 is 6.17 Å². The van der Waals surface area contributed by atoms with Gasteiger partial charge in [0.25, 0.3) is 0 Å². The summed E-state index contributed by atoms with van der Waals surface area (Å²) in [5.74, 6) is 0.608. The fourth-order valence-corrected chi connectivity index (χ4v) is 1.38. The minimum absolute atomic E-state index is 0.0211. The minimum atomic E-state index is -0.998. The zero-order chi connectivity index (χ0) is 12.9. The Balaban J connectivity index is 2.51. The molecule has 1 heterocycles. The lowest BCUT2D eigenvalue weighted by Gasteiger charge is -2.17. The third-order valence-corrected chi connectivity index (χ3v) is 2.36. The van der Waals surface area contributed by atoms with Crippen molar-refractivity contribution in [3.05, 3.63) is 24.0 Å². The largest absolute Gasteiger partial charge is 0.489 e. The van der Waals surface area contributed by atoms with E-state index in [0.29, 0.717) is 12.3 Å². The van der Waals surface area contributed by atoms with E-state index in [2.05, 4.69) is 31.1 Å². The number of aromatic nitrogens is 1. The van der Waals surface area contributed by atoms with Crippen molar-refractivity contribution in [1.82, 2.24) is 10.3 Å². The quantitative estimate of drug-likeness (QED) is 0.857. The molecule has 0 fully saturated rings. The second-order valence-electron chi connectivity index (χ2n) is 5.10. The standard InChI is InChI=1S/C13H21FN2O/c1-13(2,3)12-6-5-11(8-16-12)17-9-10(14)7-15-4/h5-6,8,10,15H,7,9H2,1-4H3. The van der Waals surface area contributed by atoms with Crippen LogP contribution in [-0.2, 0) is 5.41 Å². The van der Waals surface area contributed by atoms with Crippen LogP contribution in [0.3, 0.4) is 0 Å². The van der Waals surface area contributed by atoms with Crippen molar-refractivity contribution in [1.29, 1.82) is 0 Å². The number of hydrogen-bond donors (Lipinski definition) is 1. The van der Waals surface area contributed by atoms with Gasteiger partial charge in [-0.1, -0.05) is 20.8 Å². The van der Waals surface area contributed by atoms with Crippen molar-refractivity contribution < 1.29 is 9.13 Å². The molecule has 0 saturated heterocycles. The molecule has 0 radical (unpaired) electrons. The van der Waals surface area contributed by atoms with Crippen molar-refractivity contribution in [3.63, 3.8) is 0 Å². The highest BCUT2D eigenvalue weighted by molar-refractivity contribution is 5.23. The number of rotatable bonds is 5. The molecule has 1 rings (SSSR count). The average Bonchev–Trinajstić information content (AvgIpc) is 2.26. The SMILES string of the molecule is CNCC(F)COc1ccc(C(C)(C)C)nc1. The molecule has 1 unspecified atom stereocenters. The Kier molecular flexibility index (Phi) is 4.87. The summed E-state index contributed by atoms with van der Waals surface area (Å²) >= 11 is 0. The van der Waals surface area contributed by atoms with Gasteiger partial charge in [-0.15, -0.1) is 0 Å². The first-order chi connectivity index (χ1) is 7.93. The van der Waals surface area contributed by atoms with Crippen LogP contribution in [0.5, 0.6) is 5.75 Å². The van der Waals surface area contributed by atoms with Crippen molar-refractivity contribution in [3.8, 4) is 5.75 Å². The number of nitrogens with one attached hydrogen (secondary N) is 1. The number of ether oxygens (including phenoxy) is 1. The molecule has 1 aromatic rings. The van der Waals surface area contributed by atoms with Crippen LogP contribution in [-0.4, -0.2) is 31.4 Å². The Hall–Kier alpha value is -1.16. The lowest BCUT2D eigenvalue weighted by molar-refractivity contribution is 0.194. The predicted molar refractivity (Wildman–Crippen MR) is 67.3 cm³/mol. The molecular weight excluding hydrogens is 219 g/mol. The van der Waals surface area contributed by atoms with E-state index in [9.17, 15) is 4.39 Å². The lowest BCUT2D eigenvalue weighted by atomic mass is 9.92. The average molecular weight is 240 g/mol. The number of halogens is 1. The molecular formula is C13H21FN2O. The summed E-state index contributed by atoms with van der Waals surface area (Å²) in [5, 5.41) is 2.76. The molecule has 0 aliphatic rings. The van der Waals surface area contributed by atoms with Crippen LogP contribution in [0.1, 0.15) is 26.5 Å². The van der Waals surface area contributed by atoms with Gasteiger partial charge in [-0.2, -0.15) is 0 Å². The summed E-state index contributed by atoms with van der Waals surface area (Å²) in [6.45, 7) is 6.64. The predicted octanol–water partition coefficient (Wildman–Crippen LogP) is 2.32. The van der Waals surface area contributed by atoms with Crippen LogP contribution in [0.25, 0.3) is 0 Å². The molecule has 0 bridgehead atoms. The third kappa shape index (κ3) is 4.69. The van der Waals surface area contributed by atoms with Crippen LogP contribution in [0.15, 0.2) is 18.3 Å². The Morgan fingerprint density at radius 2 is 2.12 bits per heavy atom. The van der Waals surface area contributed by atoms with Crippen LogP contribution >= 0.6 is 0 Å². The first-order valence-electron chi connectivity index (χ1n) is 5.81. The minimum Gasteiger partial charge on any atom is -0.489 e. The van der Waals surface area contributed by atoms with Gasteiger partial charge in [0.15, 0.2) is 0 Å². The molecule has 96 valence electrons. The molecule has 0 aromatic carbocycles. The smallest absolute Gasteiger partial charge is 0.146 e. The molecule has 0 amide bonds. The summed E-state index contributed by atoms with van der Waals surface area (Å²) in [5.41, 5.74) is 1.02. The van der Waals surface area contributed by atoms with E-state index in [1.165, 1.54) is 0 Å². The van der Waals surface area contributed by atoms with E-state index in [0.717, 1.165) is 5.69 Å². The topological polar surface area (TPSA) is 34.1 Å². The molecule has 0 aliphatic carbocycles. The molecule has 0 spiro atoms. The van der Waals surface area contributed by atoms with Gasteiger partial charge in [0.05, 0.1) is 6.20 Å². The Morgan fingerprint density at radius 1 is 1.41 bits per heavy atom. The highest BCUT2D eigenvalue weighted by Gasteiger charge is 2.15. The number of hydrogen-bond acceptors (Lipinski definition) is 3. The van der Waals surface area contributed by atoms with E-state index in [1.54, 1.807) is 13.2 Å². The molecule has 17 heavy (non-hydrogen) atoms. The van der Waals surface area contributed by atoms with Gasteiger partial charge in [-0.3, -0.25) is 4.98 Å². The van der Waals surface area contributed by atoms with Gasteiger partial charge in [0.1, 0.15) is 18.5 Å². The van der Waals surface area contributed by atoms with Crippen LogP contribution in [0.2, 0.25) is 0 Å². The Labute approximate surface area is 102 Å². The monoisotopic (exact) mass is 240 g/mol. The summed E-state index contributed by atoms with van der Waals surface area (Å²) in [4.78, 5) is 4.31. The molecule has 4 heteroatoms. The summed E-state index contributed by atoms with van der Waals surface area (Å²) in [6, 6.07) is 3.75. The third-order valence-electron chi connectivity index (χ3n) is 2.36. The van der Waals surface area contributed by atoms with Crippen LogP contribution in [0, 0.1) is 0 Å². The first-order valence-corrected chi connectivity index (χ1v) is 5.81. The van der Waals surface area contributed by atoms with Gasteiger partial charge >= 0.3 is 0 Å². The highest BCUT2D eigenvalue weighted by Crippen LogP contribution is 2.21. The highest BCUT2D eigenvalue weighted by atomic mass is 19.1. The fraction of sp³-hybridized carbons (Fsp3) is 0.615. The normalized spacial score (nSPS) is 13.5. The maximum absolute atomic E-state index is 13.1. The van der Waals surface area contributed by atoms with Gasteiger partial charge < -0.3 is 10.1 Å². The van der Waals surface area contributed by atoms with Gasteiger partial charge in [-0.05, 0) is 19.2 Å². The second-order valence-corrected chi connectivity index (χ2v) is 5.10. The summed E-state index contributed by atoms with van der Waals surface area (Å²) in [7, 11) is 1.71. The van der Waals surface area contributed by atoms with E-state index >= 15 is 0 Å².